The van der Waals surface area contributed by atoms with E-state index in [4.69, 9.17) is 0 Å². The number of nitrogens with zero attached hydrogens (tertiary/aromatic N) is 1. The van der Waals surface area contributed by atoms with Crippen LogP contribution >= 0.6 is 0 Å². The molecule has 5 heteroatoms. The molecule has 1 amide bonds. The molecule has 0 spiro atoms. The standard InChI is InChI=1S/C14H13N3O2/c18-10-3-1-9(2-4-10)7-12-14(19)17-13-8-15-6-5-11(13)16-12/h1-6,8,12,16,18H,7H2,(H,17,19). The number of nitrogens with one attached hydrogen (secondary N) is 2. The van der Waals surface area contributed by atoms with Crippen LogP contribution in [0.25, 0.3) is 0 Å². The normalized spacial score (nSPS) is 17.3. The van der Waals surface area contributed by atoms with Crippen molar-refractivity contribution < 1.29 is 9.90 Å². The third-order valence-electron chi connectivity index (χ3n) is 3.10. The molecule has 2 heterocycles. The summed E-state index contributed by atoms with van der Waals surface area (Å²) in [5, 5.41) is 15.3. The van der Waals surface area contributed by atoms with Gasteiger partial charge in [-0.15, -0.1) is 0 Å². The number of aromatic hydroxyl groups is 1. The number of aromatic nitrogens is 1. The molecule has 3 rings (SSSR count). The molecule has 0 bridgehead atoms. The van der Waals surface area contributed by atoms with E-state index in [0.29, 0.717) is 12.1 Å². The summed E-state index contributed by atoms with van der Waals surface area (Å²) in [5.74, 6) is 0.148. The second-order valence-electron chi connectivity index (χ2n) is 4.48. The number of hydrogen-bond acceptors (Lipinski definition) is 4. The van der Waals surface area contributed by atoms with Gasteiger partial charge in [-0.1, -0.05) is 12.1 Å². The summed E-state index contributed by atoms with van der Waals surface area (Å²) in [6.07, 6.45) is 3.87. The molecule has 1 atom stereocenters. The average molecular weight is 255 g/mol. The molecule has 1 aliphatic heterocycles. The fourth-order valence-electron chi connectivity index (χ4n) is 2.10. The Balaban J connectivity index is 1.79. The largest absolute Gasteiger partial charge is 0.508 e. The molecule has 1 aromatic carbocycles. The highest BCUT2D eigenvalue weighted by atomic mass is 16.3. The molecule has 1 aromatic heterocycles. The van der Waals surface area contributed by atoms with Crippen molar-refractivity contribution in [1.82, 2.24) is 4.98 Å². The number of benzene rings is 1. The molecule has 0 radical (unpaired) electrons. The molecule has 96 valence electrons. The van der Waals surface area contributed by atoms with Crippen LogP contribution in [0.2, 0.25) is 0 Å². The minimum Gasteiger partial charge on any atom is -0.508 e. The van der Waals surface area contributed by atoms with Crippen molar-refractivity contribution >= 4 is 17.3 Å². The molecule has 0 saturated heterocycles. The fraction of sp³-hybridized carbons (Fsp3) is 0.143. The van der Waals surface area contributed by atoms with E-state index < -0.39 is 0 Å². The number of fused-ring (bicyclic) bond motifs is 1. The van der Waals surface area contributed by atoms with E-state index in [-0.39, 0.29) is 17.7 Å². The smallest absolute Gasteiger partial charge is 0.247 e. The Labute approximate surface area is 110 Å². The molecule has 0 fully saturated rings. The summed E-state index contributed by atoms with van der Waals surface area (Å²) in [6.45, 7) is 0. The maximum Gasteiger partial charge on any atom is 0.247 e. The number of rotatable bonds is 2. The first-order valence-corrected chi connectivity index (χ1v) is 6.02. The predicted molar refractivity (Wildman–Crippen MR) is 72.1 cm³/mol. The van der Waals surface area contributed by atoms with E-state index in [0.717, 1.165) is 11.3 Å². The van der Waals surface area contributed by atoms with Gasteiger partial charge in [-0.05, 0) is 23.8 Å². The lowest BCUT2D eigenvalue weighted by Gasteiger charge is -2.26. The number of phenols is 1. The molecule has 2 aromatic rings. The highest BCUT2D eigenvalue weighted by molar-refractivity contribution is 6.02. The minimum atomic E-state index is -0.320. The van der Waals surface area contributed by atoms with Crippen LogP contribution < -0.4 is 10.6 Å². The topological polar surface area (TPSA) is 74.2 Å². The first-order valence-electron chi connectivity index (χ1n) is 6.02. The van der Waals surface area contributed by atoms with Gasteiger partial charge in [0.05, 0.1) is 17.6 Å². The Morgan fingerprint density at radius 2 is 1.95 bits per heavy atom. The van der Waals surface area contributed by atoms with Crippen LogP contribution in [-0.4, -0.2) is 22.0 Å². The summed E-state index contributed by atoms with van der Waals surface area (Å²) >= 11 is 0. The van der Waals surface area contributed by atoms with Crippen LogP contribution in [0.15, 0.2) is 42.7 Å². The highest BCUT2D eigenvalue weighted by Crippen LogP contribution is 2.26. The number of hydrogen-bond donors (Lipinski definition) is 3. The third-order valence-corrected chi connectivity index (χ3v) is 3.10. The maximum atomic E-state index is 12.0. The van der Waals surface area contributed by atoms with Gasteiger partial charge in [0.15, 0.2) is 0 Å². The van der Waals surface area contributed by atoms with Crippen molar-refractivity contribution in [2.45, 2.75) is 12.5 Å². The number of amides is 1. The fourth-order valence-corrected chi connectivity index (χ4v) is 2.10. The van der Waals surface area contributed by atoms with Crippen molar-refractivity contribution in [2.24, 2.45) is 0 Å². The molecule has 0 aliphatic carbocycles. The summed E-state index contributed by atoms with van der Waals surface area (Å²) < 4.78 is 0. The summed E-state index contributed by atoms with van der Waals surface area (Å²) in [4.78, 5) is 15.9. The van der Waals surface area contributed by atoms with Crippen molar-refractivity contribution in [3.05, 3.63) is 48.3 Å². The van der Waals surface area contributed by atoms with E-state index >= 15 is 0 Å². The summed E-state index contributed by atoms with van der Waals surface area (Å²) in [6, 6.07) is 8.37. The quantitative estimate of drug-likeness (QED) is 0.764. The van der Waals surface area contributed by atoms with Crippen molar-refractivity contribution in [2.75, 3.05) is 10.6 Å². The zero-order chi connectivity index (χ0) is 13.2. The first-order chi connectivity index (χ1) is 9.22. The van der Waals surface area contributed by atoms with Gasteiger partial charge in [-0.3, -0.25) is 9.78 Å². The number of carbonyl (C=O) groups excluding carboxylic acids is 1. The third kappa shape index (κ3) is 2.35. The van der Waals surface area contributed by atoms with E-state index in [1.165, 1.54) is 0 Å². The van der Waals surface area contributed by atoms with Gasteiger partial charge in [0.2, 0.25) is 5.91 Å². The van der Waals surface area contributed by atoms with Crippen molar-refractivity contribution in [3.63, 3.8) is 0 Å². The Kier molecular flexibility index (Phi) is 2.79. The first kappa shape index (κ1) is 11.5. The van der Waals surface area contributed by atoms with Crippen molar-refractivity contribution in [3.8, 4) is 5.75 Å². The van der Waals surface area contributed by atoms with Gasteiger partial charge in [0, 0.05) is 12.6 Å². The molecule has 1 unspecified atom stereocenters. The lowest BCUT2D eigenvalue weighted by atomic mass is 10.0. The Bertz CT molecular complexity index is 610. The summed E-state index contributed by atoms with van der Waals surface area (Å²) in [5.41, 5.74) is 2.57. The SMILES string of the molecule is O=C1Nc2cnccc2NC1Cc1ccc(O)cc1. The van der Waals surface area contributed by atoms with Crippen LogP contribution in [0, 0.1) is 0 Å². The number of phenolic OH excluding ortho intramolecular Hbond substituents is 1. The van der Waals surface area contributed by atoms with Gasteiger partial charge < -0.3 is 15.7 Å². The van der Waals surface area contributed by atoms with E-state index in [1.54, 1.807) is 24.5 Å². The molecule has 3 N–H and O–H groups in total. The monoisotopic (exact) mass is 255 g/mol. The maximum absolute atomic E-state index is 12.0. The van der Waals surface area contributed by atoms with Crippen LogP contribution in [0.1, 0.15) is 5.56 Å². The molecule has 1 aliphatic rings. The predicted octanol–water partition coefficient (Wildman–Crippen LogP) is 1.76. The zero-order valence-electron chi connectivity index (χ0n) is 10.1. The highest BCUT2D eigenvalue weighted by Gasteiger charge is 2.25. The van der Waals surface area contributed by atoms with Gasteiger partial charge in [0.1, 0.15) is 11.8 Å². The Hall–Kier alpha value is -2.56. The van der Waals surface area contributed by atoms with Gasteiger partial charge in [0.25, 0.3) is 0 Å². The zero-order valence-corrected chi connectivity index (χ0v) is 10.1. The Morgan fingerprint density at radius 3 is 2.74 bits per heavy atom. The van der Waals surface area contributed by atoms with E-state index in [9.17, 15) is 9.90 Å². The van der Waals surface area contributed by atoms with Crippen LogP contribution in [-0.2, 0) is 11.2 Å². The van der Waals surface area contributed by atoms with Crippen molar-refractivity contribution in [1.29, 1.82) is 0 Å². The van der Waals surface area contributed by atoms with Gasteiger partial charge >= 0.3 is 0 Å². The number of pyridine rings is 1. The molecular weight excluding hydrogens is 242 g/mol. The Morgan fingerprint density at radius 1 is 1.16 bits per heavy atom. The van der Waals surface area contributed by atoms with Gasteiger partial charge in [-0.2, -0.15) is 0 Å². The van der Waals surface area contributed by atoms with E-state index in [1.807, 2.05) is 18.2 Å². The second kappa shape index (κ2) is 4.61. The molecule has 0 saturated carbocycles. The number of anilines is 2. The number of carbonyl (C=O) groups is 1. The lowest BCUT2D eigenvalue weighted by molar-refractivity contribution is -0.117. The van der Waals surface area contributed by atoms with E-state index in [2.05, 4.69) is 15.6 Å². The second-order valence-corrected chi connectivity index (χ2v) is 4.48. The molecular formula is C14H13N3O2. The van der Waals surface area contributed by atoms with Crippen LogP contribution in [0.5, 0.6) is 5.75 Å². The average Bonchev–Trinajstić information content (AvgIpc) is 2.42. The van der Waals surface area contributed by atoms with Gasteiger partial charge in [-0.25, -0.2) is 0 Å². The molecule has 5 nitrogen and oxygen atoms in total. The van der Waals surface area contributed by atoms with Crippen LogP contribution in [0.4, 0.5) is 11.4 Å². The molecule has 19 heavy (non-hydrogen) atoms. The van der Waals surface area contributed by atoms with Crippen LogP contribution in [0.3, 0.4) is 0 Å². The lowest BCUT2D eigenvalue weighted by Crippen LogP contribution is -2.40. The minimum absolute atomic E-state index is 0.0754. The summed E-state index contributed by atoms with van der Waals surface area (Å²) in [7, 11) is 0.